The smallest absolute Gasteiger partial charge is 0.278 e. The monoisotopic (exact) mass is 530 g/mol. The van der Waals surface area contributed by atoms with Crippen molar-refractivity contribution in [3.05, 3.63) is 113 Å². The summed E-state index contributed by atoms with van der Waals surface area (Å²) in [5.74, 6) is -9.67. The van der Waals surface area contributed by atoms with Gasteiger partial charge in [0.25, 0.3) is 5.82 Å². The summed E-state index contributed by atoms with van der Waals surface area (Å²) in [6.07, 6.45) is 2.30. The van der Waals surface area contributed by atoms with Gasteiger partial charge in [-0.3, -0.25) is 0 Å². The molecule has 0 N–H and O–H groups in total. The fourth-order valence-electron chi connectivity index (χ4n) is 5.12. The molecule has 3 aromatic carbocycles. The fraction of sp³-hybridized carbons (Fsp3) is 0.259. The molecular formula is C27H25F5N3OSi+. The maximum Gasteiger partial charge on any atom is 0.278 e. The normalized spacial score (nSPS) is 15.7. The average molecular weight is 531 g/mol. The lowest BCUT2D eigenvalue weighted by Crippen LogP contribution is -2.54. The molecule has 1 atom stereocenters. The second kappa shape index (κ2) is 9.18. The van der Waals surface area contributed by atoms with Crippen molar-refractivity contribution in [2.24, 2.45) is 0 Å². The van der Waals surface area contributed by atoms with Crippen LogP contribution < -0.4 is 4.57 Å². The SMILES string of the molecule is C[Si](C)(C)OC(c1ccccc1)(c1ccccc1)C1CCc2nn(-c3c(F)c(F)c(F)c(F)c3F)c[n+]21. The van der Waals surface area contributed by atoms with Crippen molar-refractivity contribution in [3.8, 4) is 5.69 Å². The van der Waals surface area contributed by atoms with E-state index in [1.165, 1.54) is 6.33 Å². The van der Waals surface area contributed by atoms with Crippen LogP contribution in [0.5, 0.6) is 0 Å². The first kappa shape index (κ1) is 25.3. The second-order valence-electron chi connectivity index (χ2n) is 10.0. The molecule has 5 rings (SSSR count). The number of hydrogen-bond acceptors (Lipinski definition) is 2. The van der Waals surface area contributed by atoms with Crippen molar-refractivity contribution in [2.75, 3.05) is 0 Å². The Bertz CT molecular complexity index is 1390. The van der Waals surface area contributed by atoms with E-state index in [-0.39, 0.29) is 0 Å². The molecule has 192 valence electrons. The number of nitrogens with zero attached hydrogens (tertiary/aromatic N) is 3. The number of halogens is 5. The van der Waals surface area contributed by atoms with Crippen LogP contribution in [0.15, 0.2) is 67.0 Å². The van der Waals surface area contributed by atoms with Crippen molar-refractivity contribution in [2.45, 2.75) is 44.1 Å². The summed E-state index contributed by atoms with van der Waals surface area (Å²) in [7, 11) is -2.24. The number of rotatable bonds is 6. The average Bonchev–Trinajstić information content (AvgIpc) is 3.47. The van der Waals surface area contributed by atoms with E-state index in [1.807, 2.05) is 60.7 Å². The van der Waals surface area contributed by atoms with Gasteiger partial charge in [0, 0.05) is 11.5 Å². The molecule has 0 saturated carbocycles. The van der Waals surface area contributed by atoms with Crippen LogP contribution in [-0.4, -0.2) is 18.1 Å². The first-order valence-corrected chi connectivity index (χ1v) is 15.3. The molecule has 4 aromatic rings. The third kappa shape index (κ3) is 4.17. The molecule has 1 aliphatic heterocycles. The maximum atomic E-state index is 14.6. The topological polar surface area (TPSA) is 30.9 Å². The highest BCUT2D eigenvalue weighted by Crippen LogP contribution is 2.46. The first-order chi connectivity index (χ1) is 17.5. The highest BCUT2D eigenvalue weighted by Gasteiger charge is 2.52. The van der Waals surface area contributed by atoms with Gasteiger partial charge in [-0.1, -0.05) is 65.3 Å². The Morgan fingerprint density at radius 3 is 1.78 bits per heavy atom. The van der Waals surface area contributed by atoms with Gasteiger partial charge in [0.05, 0.1) is 0 Å². The number of benzene rings is 3. The molecule has 0 fully saturated rings. The number of fused-ring (bicyclic) bond motifs is 1. The molecule has 0 spiro atoms. The van der Waals surface area contributed by atoms with Gasteiger partial charge in [-0.2, -0.15) is 8.78 Å². The number of aromatic nitrogens is 3. The van der Waals surface area contributed by atoms with Gasteiger partial charge in [0.15, 0.2) is 8.32 Å². The maximum absolute atomic E-state index is 14.6. The Balaban J connectivity index is 1.74. The van der Waals surface area contributed by atoms with E-state index in [1.54, 1.807) is 4.57 Å². The Morgan fingerprint density at radius 1 is 0.811 bits per heavy atom. The zero-order chi connectivity index (χ0) is 26.5. The lowest BCUT2D eigenvalue weighted by atomic mass is 9.79. The van der Waals surface area contributed by atoms with E-state index in [0.717, 1.165) is 15.8 Å². The molecular weight excluding hydrogens is 505 g/mol. The third-order valence-corrected chi connectivity index (χ3v) is 7.42. The molecule has 0 radical (unpaired) electrons. The summed E-state index contributed by atoms with van der Waals surface area (Å²) in [5.41, 5.74) is -0.336. The largest absolute Gasteiger partial charge is 0.401 e. The van der Waals surface area contributed by atoms with Crippen LogP contribution in [0.4, 0.5) is 22.0 Å². The van der Waals surface area contributed by atoms with Crippen LogP contribution in [0.25, 0.3) is 5.69 Å². The van der Waals surface area contributed by atoms with E-state index in [9.17, 15) is 22.0 Å². The zero-order valence-corrected chi connectivity index (χ0v) is 21.5. The van der Waals surface area contributed by atoms with E-state index in [4.69, 9.17) is 4.43 Å². The highest BCUT2D eigenvalue weighted by atomic mass is 28.4. The molecule has 10 heteroatoms. The van der Waals surface area contributed by atoms with E-state index >= 15 is 0 Å². The minimum atomic E-state index is -2.24. The van der Waals surface area contributed by atoms with E-state index in [0.29, 0.717) is 18.7 Å². The van der Waals surface area contributed by atoms with Crippen LogP contribution in [0, 0.1) is 29.1 Å². The molecule has 2 heterocycles. The number of hydrogen-bond donors (Lipinski definition) is 0. The molecule has 0 aliphatic carbocycles. The quantitative estimate of drug-likeness (QED) is 0.0986. The molecule has 37 heavy (non-hydrogen) atoms. The number of aryl methyl sites for hydroxylation is 1. The van der Waals surface area contributed by atoms with Crippen molar-refractivity contribution < 1.29 is 30.9 Å². The van der Waals surface area contributed by atoms with Crippen molar-refractivity contribution in [1.82, 2.24) is 9.78 Å². The van der Waals surface area contributed by atoms with Gasteiger partial charge < -0.3 is 4.43 Å². The van der Waals surface area contributed by atoms with E-state index < -0.39 is 54.7 Å². The highest BCUT2D eigenvalue weighted by molar-refractivity contribution is 6.69. The zero-order valence-electron chi connectivity index (χ0n) is 20.5. The van der Waals surface area contributed by atoms with Crippen LogP contribution in [0.2, 0.25) is 19.6 Å². The summed E-state index contributed by atoms with van der Waals surface area (Å²) in [6, 6.07) is 19.0. The fourth-order valence-corrected chi connectivity index (χ4v) is 6.46. The molecule has 1 unspecified atom stereocenters. The Morgan fingerprint density at radius 2 is 1.30 bits per heavy atom. The molecule has 1 aliphatic rings. The van der Waals surface area contributed by atoms with Gasteiger partial charge >= 0.3 is 0 Å². The van der Waals surface area contributed by atoms with Crippen LogP contribution >= 0.6 is 0 Å². The van der Waals surface area contributed by atoms with Crippen LogP contribution in [-0.2, 0) is 16.4 Å². The predicted molar refractivity (Wildman–Crippen MR) is 129 cm³/mol. The Labute approximate surface area is 212 Å². The lowest BCUT2D eigenvalue weighted by Gasteiger charge is -2.43. The predicted octanol–water partition coefficient (Wildman–Crippen LogP) is 6.14. The molecule has 0 amide bonds. The van der Waals surface area contributed by atoms with Crippen molar-refractivity contribution >= 4 is 8.32 Å². The van der Waals surface area contributed by atoms with Gasteiger partial charge in [0.2, 0.25) is 41.1 Å². The van der Waals surface area contributed by atoms with Crippen molar-refractivity contribution in [1.29, 1.82) is 0 Å². The summed E-state index contributed by atoms with van der Waals surface area (Å²) in [4.78, 5) is 0. The van der Waals surface area contributed by atoms with E-state index in [2.05, 4.69) is 24.7 Å². The van der Waals surface area contributed by atoms with Gasteiger partial charge in [-0.15, -0.1) is 0 Å². The standard InChI is InChI=1S/C27H25F5N3OSi/c1-37(2,3)36-27(17-10-6-4-7-11-17,18-12-8-5-9-13-18)19-14-15-20-33-35(16-34(19)20)26-24(31)22(29)21(28)23(30)25(26)32/h4-13,16,19H,14-15H2,1-3H3/q+1. The molecule has 4 nitrogen and oxygen atoms in total. The molecule has 0 saturated heterocycles. The summed E-state index contributed by atoms with van der Waals surface area (Å²) in [5, 5.41) is 4.24. The third-order valence-electron chi connectivity index (χ3n) is 6.49. The van der Waals surface area contributed by atoms with Gasteiger partial charge in [0.1, 0.15) is 11.6 Å². The van der Waals surface area contributed by atoms with Crippen LogP contribution in [0.1, 0.15) is 29.4 Å². The molecule has 0 bridgehead atoms. The van der Waals surface area contributed by atoms with Crippen molar-refractivity contribution in [3.63, 3.8) is 0 Å². The summed E-state index contributed by atoms with van der Waals surface area (Å²) >= 11 is 0. The lowest BCUT2D eigenvalue weighted by molar-refractivity contribution is -0.730. The molecule has 1 aromatic heterocycles. The summed E-state index contributed by atoms with van der Waals surface area (Å²) < 4.78 is 80.3. The van der Waals surface area contributed by atoms with Gasteiger partial charge in [-0.05, 0) is 37.2 Å². The van der Waals surface area contributed by atoms with Crippen LogP contribution in [0.3, 0.4) is 0 Å². The van der Waals surface area contributed by atoms with Gasteiger partial charge in [-0.25, -0.2) is 17.7 Å². The summed E-state index contributed by atoms with van der Waals surface area (Å²) in [6.45, 7) is 6.23. The Kier molecular flexibility index (Phi) is 6.27. The minimum Gasteiger partial charge on any atom is -0.401 e. The Hall–Kier alpha value is -3.37. The second-order valence-corrected chi connectivity index (χ2v) is 14.5. The first-order valence-electron chi connectivity index (χ1n) is 11.9. The minimum absolute atomic E-state index is 0.408.